The molecule has 0 heterocycles. The van der Waals surface area contributed by atoms with Crippen LogP contribution in [0.2, 0.25) is 5.02 Å². The van der Waals surface area contributed by atoms with E-state index in [0.717, 1.165) is 33.8 Å². The molecule has 0 aliphatic heterocycles. The molecule has 0 radical (unpaired) electrons. The summed E-state index contributed by atoms with van der Waals surface area (Å²) in [7, 11) is 0. The lowest BCUT2D eigenvalue weighted by atomic mass is 9.53. The van der Waals surface area contributed by atoms with Crippen LogP contribution in [0.3, 0.4) is 0 Å². The standard InChI is InChI=1S/C17H21BrClN/c18-15-1-2-16(19)14(6-15)10-20-17-7-11-3-12(8-17)5-13(4-11)9-17/h1-2,6,11-13,20H,3-5,7-10H2. The highest BCUT2D eigenvalue weighted by Crippen LogP contribution is 2.55. The minimum Gasteiger partial charge on any atom is -0.307 e. The number of benzene rings is 1. The summed E-state index contributed by atoms with van der Waals surface area (Å²) in [5, 5.41) is 4.79. The Kier molecular flexibility index (Phi) is 3.40. The molecule has 3 heteroatoms. The largest absolute Gasteiger partial charge is 0.307 e. The maximum atomic E-state index is 6.32. The van der Waals surface area contributed by atoms with Crippen LogP contribution in [0, 0.1) is 17.8 Å². The third kappa shape index (κ3) is 2.44. The quantitative estimate of drug-likeness (QED) is 0.790. The van der Waals surface area contributed by atoms with E-state index in [-0.39, 0.29) is 0 Å². The first-order chi connectivity index (χ1) is 9.62. The lowest BCUT2D eigenvalue weighted by Gasteiger charge is -2.57. The highest BCUT2D eigenvalue weighted by atomic mass is 79.9. The summed E-state index contributed by atoms with van der Waals surface area (Å²) >= 11 is 9.87. The maximum Gasteiger partial charge on any atom is 0.0451 e. The molecule has 0 aromatic heterocycles. The molecule has 4 bridgehead atoms. The van der Waals surface area contributed by atoms with E-state index in [1.165, 1.54) is 44.1 Å². The summed E-state index contributed by atoms with van der Waals surface area (Å²) in [6, 6.07) is 6.15. The van der Waals surface area contributed by atoms with Crippen LogP contribution in [0.15, 0.2) is 22.7 Å². The number of nitrogens with one attached hydrogen (secondary N) is 1. The van der Waals surface area contributed by atoms with E-state index in [9.17, 15) is 0 Å². The van der Waals surface area contributed by atoms with Crippen molar-refractivity contribution in [3.05, 3.63) is 33.3 Å². The molecule has 1 aromatic carbocycles. The fraction of sp³-hybridized carbons (Fsp3) is 0.647. The molecule has 0 unspecified atom stereocenters. The molecule has 4 aliphatic rings. The highest BCUT2D eigenvalue weighted by Gasteiger charge is 2.50. The fourth-order valence-corrected chi connectivity index (χ4v) is 5.88. The molecule has 20 heavy (non-hydrogen) atoms. The van der Waals surface area contributed by atoms with E-state index in [1.807, 2.05) is 12.1 Å². The fourth-order valence-electron chi connectivity index (χ4n) is 5.29. The number of rotatable bonds is 3. The van der Waals surface area contributed by atoms with Gasteiger partial charge in [0.05, 0.1) is 0 Å². The van der Waals surface area contributed by atoms with Crippen LogP contribution in [-0.4, -0.2) is 5.54 Å². The summed E-state index contributed by atoms with van der Waals surface area (Å²) in [5.41, 5.74) is 1.64. The van der Waals surface area contributed by atoms with Crippen LogP contribution in [0.4, 0.5) is 0 Å². The Hall–Kier alpha value is -0.0500. The van der Waals surface area contributed by atoms with Crippen molar-refractivity contribution in [3.8, 4) is 0 Å². The molecule has 0 saturated heterocycles. The van der Waals surface area contributed by atoms with Crippen molar-refractivity contribution in [3.63, 3.8) is 0 Å². The smallest absolute Gasteiger partial charge is 0.0451 e. The van der Waals surface area contributed by atoms with Gasteiger partial charge in [-0.1, -0.05) is 27.5 Å². The van der Waals surface area contributed by atoms with Gasteiger partial charge in [0.1, 0.15) is 0 Å². The predicted octanol–water partition coefficient (Wildman–Crippen LogP) is 5.16. The monoisotopic (exact) mass is 353 g/mol. The Bertz CT molecular complexity index is 492. The third-order valence-electron chi connectivity index (χ3n) is 5.70. The molecular weight excluding hydrogens is 334 g/mol. The van der Waals surface area contributed by atoms with Gasteiger partial charge in [-0.15, -0.1) is 0 Å². The Morgan fingerprint density at radius 1 is 1.10 bits per heavy atom. The van der Waals surface area contributed by atoms with Crippen molar-refractivity contribution in [1.29, 1.82) is 0 Å². The molecule has 108 valence electrons. The van der Waals surface area contributed by atoms with Crippen LogP contribution < -0.4 is 5.32 Å². The zero-order chi connectivity index (χ0) is 13.7. The van der Waals surface area contributed by atoms with Gasteiger partial charge in [0.15, 0.2) is 0 Å². The van der Waals surface area contributed by atoms with Crippen molar-refractivity contribution >= 4 is 27.5 Å². The van der Waals surface area contributed by atoms with E-state index in [4.69, 9.17) is 11.6 Å². The molecule has 4 saturated carbocycles. The zero-order valence-electron chi connectivity index (χ0n) is 11.7. The van der Waals surface area contributed by atoms with Crippen LogP contribution >= 0.6 is 27.5 Å². The molecule has 4 fully saturated rings. The van der Waals surface area contributed by atoms with Gasteiger partial charge in [-0.2, -0.15) is 0 Å². The van der Waals surface area contributed by atoms with E-state index >= 15 is 0 Å². The van der Waals surface area contributed by atoms with Gasteiger partial charge in [-0.3, -0.25) is 0 Å². The summed E-state index contributed by atoms with van der Waals surface area (Å²) in [4.78, 5) is 0. The second kappa shape index (κ2) is 5.00. The minimum absolute atomic E-state index is 0.417. The molecule has 1 nitrogen and oxygen atoms in total. The zero-order valence-corrected chi connectivity index (χ0v) is 14.0. The summed E-state index contributed by atoms with van der Waals surface area (Å²) in [6.45, 7) is 0.907. The number of hydrogen-bond acceptors (Lipinski definition) is 1. The highest BCUT2D eigenvalue weighted by molar-refractivity contribution is 9.10. The molecular formula is C17H21BrClN. The Balaban J connectivity index is 1.50. The van der Waals surface area contributed by atoms with Crippen molar-refractivity contribution < 1.29 is 0 Å². The first kappa shape index (κ1) is 13.6. The second-order valence-electron chi connectivity index (χ2n) is 7.29. The molecule has 5 rings (SSSR count). The first-order valence-electron chi connectivity index (χ1n) is 7.81. The van der Waals surface area contributed by atoms with E-state index in [1.54, 1.807) is 0 Å². The Morgan fingerprint density at radius 2 is 1.70 bits per heavy atom. The van der Waals surface area contributed by atoms with E-state index < -0.39 is 0 Å². The van der Waals surface area contributed by atoms with Crippen LogP contribution in [-0.2, 0) is 6.54 Å². The lowest BCUT2D eigenvalue weighted by molar-refractivity contribution is -0.0206. The Morgan fingerprint density at radius 3 is 2.30 bits per heavy atom. The predicted molar refractivity (Wildman–Crippen MR) is 86.9 cm³/mol. The van der Waals surface area contributed by atoms with Crippen LogP contribution in [0.25, 0.3) is 0 Å². The van der Waals surface area contributed by atoms with Gasteiger partial charge in [-0.25, -0.2) is 0 Å². The van der Waals surface area contributed by atoms with Gasteiger partial charge in [0.25, 0.3) is 0 Å². The number of hydrogen-bond donors (Lipinski definition) is 1. The lowest BCUT2D eigenvalue weighted by Crippen LogP contribution is -2.58. The summed E-state index contributed by atoms with van der Waals surface area (Å²) in [5.74, 6) is 2.98. The third-order valence-corrected chi connectivity index (χ3v) is 6.56. The average molecular weight is 355 g/mol. The van der Waals surface area contributed by atoms with Crippen molar-refractivity contribution in [2.75, 3.05) is 0 Å². The summed E-state index contributed by atoms with van der Waals surface area (Å²) in [6.07, 6.45) is 8.68. The summed E-state index contributed by atoms with van der Waals surface area (Å²) < 4.78 is 1.12. The van der Waals surface area contributed by atoms with Gasteiger partial charge in [-0.05, 0) is 80.0 Å². The van der Waals surface area contributed by atoms with Crippen LogP contribution in [0.5, 0.6) is 0 Å². The Labute approximate surface area is 134 Å². The molecule has 0 amide bonds. The van der Waals surface area contributed by atoms with Gasteiger partial charge in [0.2, 0.25) is 0 Å². The van der Waals surface area contributed by atoms with Crippen molar-refractivity contribution in [2.24, 2.45) is 17.8 Å². The minimum atomic E-state index is 0.417. The maximum absolute atomic E-state index is 6.32. The van der Waals surface area contributed by atoms with E-state index in [2.05, 4.69) is 27.3 Å². The topological polar surface area (TPSA) is 12.0 Å². The molecule has 4 aliphatic carbocycles. The van der Waals surface area contributed by atoms with Crippen molar-refractivity contribution in [2.45, 2.75) is 50.6 Å². The SMILES string of the molecule is Clc1ccc(Br)cc1CNC12CC3CC(CC(C3)C1)C2. The van der Waals surface area contributed by atoms with Gasteiger partial charge < -0.3 is 5.32 Å². The average Bonchev–Trinajstić information content (AvgIpc) is 2.38. The van der Waals surface area contributed by atoms with Gasteiger partial charge >= 0.3 is 0 Å². The van der Waals surface area contributed by atoms with Gasteiger partial charge in [0, 0.05) is 21.6 Å². The van der Waals surface area contributed by atoms with Crippen molar-refractivity contribution in [1.82, 2.24) is 5.32 Å². The van der Waals surface area contributed by atoms with E-state index in [0.29, 0.717) is 5.54 Å². The number of halogens is 2. The second-order valence-corrected chi connectivity index (χ2v) is 8.61. The molecule has 1 aromatic rings. The van der Waals surface area contributed by atoms with Crippen LogP contribution in [0.1, 0.15) is 44.1 Å². The molecule has 0 atom stereocenters. The molecule has 1 N–H and O–H groups in total. The normalized spacial score (nSPS) is 38.4. The first-order valence-corrected chi connectivity index (χ1v) is 8.98. The molecule has 0 spiro atoms.